The van der Waals surface area contributed by atoms with Gasteiger partial charge in [-0.05, 0) is 24.7 Å². The minimum absolute atomic E-state index is 0.347. The second-order valence-electron chi connectivity index (χ2n) is 3.94. The van der Waals surface area contributed by atoms with E-state index in [-0.39, 0.29) is 5.60 Å². The van der Waals surface area contributed by atoms with Gasteiger partial charge in [-0.25, -0.2) is 0 Å². The maximum absolute atomic E-state index is 10.0. The van der Waals surface area contributed by atoms with Gasteiger partial charge >= 0.3 is 0 Å². The maximum atomic E-state index is 10.0. The molecule has 0 bridgehead atoms. The van der Waals surface area contributed by atoms with E-state index in [1.807, 2.05) is 0 Å². The molecule has 1 nitrogen and oxygen atoms in total. The molecule has 0 amide bonds. The molecule has 1 saturated carbocycles. The molecule has 60 valence electrons. The van der Waals surface area contributed by atoms with E-state index in [2.05, 4.69) is 20.8 Å². The lowest BCUT2D eigenvalue weighted by Crippen LogP contribution is -2.37. The van der Waals surface area contributed by atoms with Crippen molar-refractivity contribution in [2.24, 2.45) is 11.8 Å². The van der Waals surface area contributed by atoms with Crippen LogP contribution in [0.15, 0.2) is 0 Å². The molecule has 0 radical (unpaired) electrons. The zero-order chi connectivity index (χ0) is 7.78. The van der Waals surface area contributed by atoms with Crippen molar-refractivity contribution in [3.05, 3.63) is 0 Å². The zero-order valence-corrected chi connectivity index (χ0v) is 7.22. The predicted molar refractivity (Wildman–Crippen MR) is 42.8 cm³/mol. The van der Waals surface area contributed by atoms with Gasteiger partial charge in [-0.2, -0.15) is 0 Å². The standard InChI is InChI=1S/C9H18O/c1-7(2)9(10)6-4-5-8(9)3/h7-8,10H,4-6H2,1-3H3. The highest BCUT2D eigenvalue weighted by molar-refractivity contribution is 4.91. The van der Waals surface area contributed by atoms with Gasteiger partial charge in [-0.1, -0.05) is 27.2 Å². The van der Waals surface area contributed by atoms with Gasteiger partial charge in [-0.15, -0.1) is 0 Å². The minimum Gasteiger partial charge on any atom is -0.389 e. The Kier molecular flexibility index (Phi) is 2.04. The highest BCUT2D eigenvalue weighted by atomic mass is 16.3. The molecule has 0 aliphatic heterocycles. The van der Waals surface area contributed by atoms with Gasteiger partial charge in [0.2, 0.25) is 0 Å². The fourth-order valence-electron chi connectivity index (χ4n) is 2.05. The van der Waals surface area contributed by atoms with Crippen LogP contribution in [0, 0.1) is 11.8 Å². The number of rotatable bonds is 1. The lowest BCUT2D eigenvalue weighted by Gasteiger charge is -2.31. The van der Waals surface area contributed by atoms with E-state index < -0.39 is 0 Å². The van der Waals surface area contributed by atoms with Gasteiger partial charge in [0.05, 0.1) is 5.60 Å². The van der Waals surface area contributed by atoms with Crippen LogP contribution >= 0.6 is 0 Å². The molecular formula is C9H18O. The summed E-state index contributed by atoms with van der Waals surface area (Å²) >= 11 is 0. The molecule has 0 spiro atoms. The average molecular weight is 142 g/mol. The van der Waals surface area contributed by atoms with Crippen LogP contribution in [0.4, 0.5) is 0 Å². The normalized spacial score (nSPS) is 41.1. The molecule has 1 rings (SSSR count). The van der Waals surface area contributed by atoms with Crippen LogP contribution in [-0.4, -0.2) is 10.7 Å². The summed E-state index contributed by atoms with van der Waals surface area (Å²) in [6, 6.07) is 0. The highest BCUT2D eigenvalue weighted by Crippen LogP contribution is 2.40. The molecule has 0 aromatic heterocycles. The Balaban J connectivity index is 2.66. The summed E-state index contributed by atoms with van der Waals surface area (Å²) in [6.45, 7) is 6.39. The van der Waals surface area contributed by atoms with Gasteiger partial charge < -0.3 is 5.11 Å². The molecule has 1 fully saturated rings. The fourth-order valence-corrected chi connectivity index (χ4v) is 2.05. The number of hydrogen-bond donors (Lipinski definition) is 1. The van der Waals surface area contributed by atoms with Crippen molar-refractivity contribution < 1.29 is 5.11 Å². The molecule has 10 heavy (non-hydrogen) atoms. The molecule has 1 aliphatic rings. The molecule has 0 aromatic carbocycles. The Morgan fingerprint density at radius 1 is 1.50 bits per heavy atom. The van der Waals surface area contributed by atoms with Gasteiger partial charge in [0, 0.05) is 0 Å². The summed E-state index contributed by atoms with van der Waals surface area (Å²) in [5.41, 5.74) is -0.347. The van der Waals surface area contributed by atoms with E-state index in [9.17, 15) is 5.11 Å². The molecule has 0 heterocycles. The van der Waals surface area contributed by atoms with Crippen molar-refractivity contribution in [2.45, 2.75) is 45.6 Å². The van der Waals surface area contributed by atoms with Crippen LogP contribution in [0.2, 0.25) is 0 Å². The highest BCUT2D eigenvalue weighted by Gasteiger charge is 2.40. The Morgan fingerprint density at radius 2 is 2.10 bits per heavy atom. The third-order valence-electron chi connectivity index (χ3n) is 3.07. The van der Waals surface area contributed by atoms with Crippen LogP contribution in [0.3, 0.4) is 0 Å². The Labute approximate surface area is 63.4 Å². The average Bonchev–Trinajstić information content (AvgIpc) is 2.15. The summed E-state index contributed by atoms with van der Waals surface area (Å²) < 4.78 is 0. The van der Waals surface area contributed by atoms with E-state index in [0.29, 0.717) is 11.8 Å². The second kappa shape index (κ2) is 2.54. The van der Waals surface area contributed by atoms with Crippen molar-refractivity contribution in [1.29, 1.82) is 0 Å². The van der Waals surface area contributed by atoms with Crippen LogP contribution in [-0.2, 0) is 0 Å². The van der Waals surface area contributed by atoms with Crippen LogP contribution in [0.25, 0.3) is 0 Å². The molecular weight excluding hydrogens is 124 g/mol. The lowest BCUT2D eigenvalue weighted by molar-refractivity contribution is -0.0334. The van der Waals surface area contributed by atoms with E-state index in [1.165, 1.54) is 12.8 Å². The molecule has 0 saturated heterocycles. The smallest absolute Gasteiger partial charge is 0.0695 e. The first kappa shape index (κ1) is 8.06. The van der Waals surface area contributed by atoms with Crippen molar-refractivity contribution in [3.63, 3.8) is 0 Å². The van der Waals surface area contributed by atoms with Gasteiger partial charge in [-0.3, -0.25) is 0 Å². The summed E-state index contributed by atoms with van der Waals surface area (Å²) in [5, 5.41) is 10.0. The summed E-state index contributed by atoms with van der Waals surface area (Å²) in [5.74, 6) is 0.928. The van der Waals surface area contributed by atoms with Crippen LogP contribution in [0.5, 0.6) is 0 Å². The fraction of sp³-hybridized carbons (Fsp3) is 1.00. The van der Waals surface area contributed by atoms with Crippen molar-refractivity contribution >= 4 is 0 Å². The minimum atomic E-state index is -0.347. The third-order valence-corrected chi connectivity index (χ3v) is 3.07. The third kappa shape index (κ3) is 1.07. The van der Waals surface area contributed by atoms with E-state index in [0.717, 1.165) is 6.42 Å². The second-order valence-corrected chi connectivity index (χ2v) is 3.94. The summed E-state index contributed by atoms with van der Waals surface area (Å²) in [4.78, 5) is 0. The molecule has 2 atom stereocenters. The Bertz CT molecular complexity index is 120. The van der Waals surface area contributed by atoms with Gasteiger partial charge in [0.25, 0.3) is 0 Å². The molecule has 2 unspecified atom stereocenters. The quantitative estimate of drug-likeness (QED) is 0.595. The van der Waals surface area contributed by atoms with Crippen molar-refractivity contribution in [3.8, 4) is 0 Å². The van der Waals surface area contributed by atoms with Crippen LogP contribution in [0.1, 0.15) is 40.0 Å². The Hall–Kier alpha value is -0.0400. The maximum Gasteiger partial charge on any atom is 0.0695 e. The first-order chi connectivity index (χ1) is 4.57. The molecule has 1 N–H and O–H groups in total. The summed E-state index contributed by atoms with van der Waals surface area (Å²) in [7, 11) is 0. The first-order valence-electron chi connectivity index (χ1n) is 4.29. The monoisotopic (exact) mass is 142 g/mol. The van der Waals surface area contributed by atoms with E-state index in [1.54, 1.807) is 0 Å². The molecule has 1 aliphatic carbocycles. The zero-order valence-electron chi connectivity index (χ0n) is 7.22. The SMILES string of the molecule is CC(C)C1(O)CCCC1C. The first-order valence-corrected chi connectivity index (χ1v) is 4.29. The largest absolute Gasteiger partial charge is 0.389 e. The Morgan fingerprint density at radius 3 is 2.30 bits per heavy atom. The lowest BCUT2D eigenvalue weighted by atomic mass is 9.82. The van der Waals surface area contributed by atoms with Gasteiger partial charge in [0.15, 0.2) is 0 Å². The number of hydrogen-bond acceptors (Lipinski definition) is 1. The topological polar surface area (TPSA) is 20.2 Å². The van der Waals surface area contributed by atoms with Crippen LogP contribution < -0.4 is 0 Å². The molecule has 1 heteroatoms. The summed E-state index contributed by atoms with van der Waals surface area (Å²) in [6.07, 6.45) is 3.41. The number of aliphatic hydroxyl groups is 1. The molecule has 0 aromatic rings. The van der Waals surface area contributed by atoms with Crippen molar-refractivity contribution in [1.82, 2.24) is 0 Å². The predicted octanol–water partition coefficient (Wildman–Crippen LogP) is 2.19. The van der Waals surface area contributed by atoms with Crippen molar-refractivity contribution in [2.75, 3.05) is 0 Å². The van der Waals surface area contributed by atoms with E-state index in [4.69, 9.17) is 0 Å². The van der Waals surface area contributed by atoms with E-state index >= 15 is 0 Å². The van der Waals surface area contributed by atoms with Gasteiger partial charge in [0.1, 0.15) is 0 Å².